The van der Waals surface area contributed by atoms with E-state index in [1.165, 1.54) is 0 Å². The minimum absolute atomic E-state index is 0.156. The van der Waals surface area contributed by atoms with E-state index in [-0.39, 0.29) is 11.1 Å². The fraction of sp³-hybridized carbons (Fsp3) is 0.273. The van der Waals surface area contributed by atoms with Crippen LogP contribution in [0.2, 0.25) is 0 Å². The fourth-order valence-electron chi connectivity index (χ4n) is 2.59. The zero-order chi connectivity index (χ0) is 30.8. The Hall–Kier alpha value is -3.89. The summed E-state index contributed by atoms with van der Waals surface area (Å²) in [5, 5.41) is -1.57. The Bertz CT molecular complexity index is 1140. The minimum atomic E-state index is -4.89. The molecule has 0 aliphatic rings. The summed E-state index contributed by atoms with van der Waals surface area (Å²) in [4.78, 5) is 44.2. The molecule has 0 N–H and O–H groups in total. The molecule has 0 radical (unpaired) electrons. The SMILES string of the molecule is O=C(Cl)C(=O)OCC(F)(F)F.O=C(OCC(F)(F)F)C(=O)N(Cc1cc(F)cc(F)c1)Cc1cc(F)cc(F)c1. The van der Waals surface area contributed by atoms with Gasteiger partial charge in [0, 0.05) is 25.2 Å². The van der Waals surface area contributed by atoms with E-state index in [2.05, 4.69) is 21.1 Å². The average Bonchev–Trinajstić information content (AvgIpc) is 2.78. The van der Waals surface area contributed by atoms with Crippen molar-refractivity contribution in [2.75, 3.05) is 13.2 Å². The Morgan fingerprint density at radius 3 is 1.25 bits per heavy atom. The Balaban J connectivity index is 0.000000614. The van der Waals surface area contributed by atoms with Crippen LogP contribution in [-0.4, -0.2) is 53.6 Å². The Kier molecular flexibility index (Phi) is 12.4. The molecule has 2 aromatic rings. The van der Waals surface area contributed by atoms with E-state index in [1.54, 1.807) is 0 Å². The van der Waals surface area contributed by atoms with Gasteiger partial charge in [-0.05, 0) is 47.0 Å². The molecule has 0 aromatic heterocycles. The number of benzene rings is 2. The lowest BCUT2D eigenvalue weighted by Gasteiger charge is -2.22. The second kappa shape index (κ2) is 14.5. The number of carbonyl (C=O) groups is 4. The first-order valence-electron chi connectivity index (χ1n) is 10.1. The first kappa shape index (κ1) is 34.1. The minimum Gasteiger partial charge on any atom is -0.449 e. The molecule has 2 rings (SSSR count). The maximum atomic E-state index is 13.4. The highest BCUT2D eigenvalue weighted by atomic mass is 35.5. The number of rotatable bonds is 7. The first-order chi connectivity index (χ1) is 18.3. The summed E-state index contributed by atoms with van der Waals surface area (Å²) < 4.78 is 131. The Morgan fingerprint density at radius 1 is 0.625 bits per heavy atom. The molecule has 2 aromatic carbocycles. The van der Waals surface area contributed by atoms with Crippen LogP contribution in [0.3, 0.4) is 0 Å². The smallest absolute Gasteiger partial charge is 0.422 e. The van der Waals surface area contributed by atoms with E-state index in [1.807, 2.05) is 0 Å². The van der Waals surface area contributed by atoms with Gasteiger partial charge in [-0.15, -0.1) is 0 Å². The summed E-state index contributed by atoms with van der Waals surface area (Å²) in [6, 6.07) is 4.34. The predicted molar refractivity (Wildman–Crippen MR) is 112 cm³/mol. The van der Waals surface area contributed by atoms with Crippen LogP contribution < -0.4 is 0 Å². The molecule has 0 aliphatic heterocycles. The van der Waals surface area contributed by atoms with Crippen molar-refractivity contribution in [3.63, 3.8) is 0 Å². The number of ether oxygens (including phenoxy) is 2. The molecule has 0 bridgehead atoms. The predicted octanol–water partition coefficient (Wildman–Crippen LogP) is 4.73. The summed E-state index contributed by atoms with van der Waals surface area (Å²) in [5.74, 6) is -9.23. The molecule has 1 amide bonds. The van der Waals surface area contributed by atoms with Gasteiger partial charge in [0.1, 0.15) is 23.3 Å². The quantitative estimate of drug-likeness (QED) is 0.194. The van der Waals surface area contributed by atoms with Crippen LogP contribution in [0.15, 0.2) is 36.4 Å². The average molecular weight is 614 g/mol. The van der Waals surface area contributed by atoms with Crippen LogP contribution in [0.1, 0.15) is 11.1 Å². The van der Waals surface area contributed by atoms with Crippen molar-refractivity contribution in [1.82, 2.24) is 4.90 Å². The molecule has 0 unspecified atom stereocenters. The molecular formula is C22H14ClF10NO6. The van der Waals surface area contributed by atoms with Crippen LogP contribution in [0.25, 0.3) is 0 Å². The summed E-state index contributed by atoms with van der Waals surface area (Å²) >= 11 is 4.48. The lowest BCUT2D eigenvalue weighted by Crippen LogP contribution is -2.38. The number of hydrogen-bond acceptors (Lipinski definition) is 6. The van der Waals surface area contributed by atoms with Gasteiger partial charge in [0.15, 0.2) is 13.2 Å². The number of carbonyl (C=O) groups excluding carboxylic acids is 4. The lowest BCUT2D eigenvalue weighted by atomic mass is 10.1. The molecular weight excluding hydrogens is 600 g/mol. The summed E-state index contributed by atoms with van der Waals surface area (Å²) in [6.45, 7) is -5.13. The van der Waals surface area contributed by atoms with Crippen LogP contribution >= 0.6 is 11.6 Å². The molecule has 0 atom stereocenters. The highest BCUT2D eigenvalue weighted by Gasteiger charge is 2.33. The molecule has 7 nitrogen and oxygen atoms in total. The Morgan fingerprint density at radius 2 is 0.950 bits per heavy atom. The maximum absolute atomic E-state index is 13.4. The monoisotopic (exact) mass is 613 g/mol. The third-order valence-corrected chi connectivity index (χ3v) is 4.10. The van der Waals surface area contributed by atoms with Crippen LogP contribution in [-0.2, 0) is 41.7 Å². The normalized spacial score (nSPS) is 11.2. The summed E-state index contributed by atoms with van der Waals surface area (Å²) in [5.41, 5.74) is -0.312. The molecule has 0 aliphatic carbocycles. The molecule has 40 heavy (non-hydrogen) atoms. The standard InChI is InChI=1S/C18H12F7NO3.C4H2ClF3O3/c19-12-1-10(2-13(20)5-12)7-26(8-11-3-14(21)6-15(22)4-11)16(27)17(28)29-9-18(23,24)25;5-2(9)3(10)11-1-4(6,7)8/h1-6H,7-9H2;1H2. The van der Waals surface area contributed by atoms with Crippen molar-refractivity contribution >= 4 is 34.7 Å². The number of amides is 1. The van der Waals surface area contributed by atoms with Gasteiger partial charge in [-0.1, -0.05) is 0 Å². The molecule has 0 saturated carbocycles. The molecule has 0 spiro atoms. The highest BCUT2D eigenvalue weighted by Crippen LogP contribution is 2.18. The van der Waals surface area contributed by atoms with E-state index in [4.69, 9.17) is 0 Å². The van der Waals surface area contributed by atoms with Crippen LogP contribution in [0, 0.1) is 23.3 Å². The van der Waals surface area contributed by atoms with Crippen molar-refractivity contribution in [3.05, 3.63) is 70.8 Å². The molecule has 0 fully saturated rings. The molecule has 0 saturated heterocycles. The van der Waals surface area contributed by atoms with Gasteiger partial charge in [0.05, 0.1) is 0 Å². The molecule has 220 valence electrons. The van der Waals surface area contributed by atoms with Crippen molar-refractivity contribution in [2.45, 2.75) is 25.4 Å². The zero-order valence-electron chi connectivity index (χ0n) is 19.3. The van der Waals surface area contributed by atoms with E-state index in [9.17, 15) is 63.1 Å². The van der Waals surface area contributed by atoms with Crippen molar-refractivity contribution in [2.24, 2.45) is 0 Å². The third-order valence-electron chi connectivity index (χ3n) is 3.95. The van der Waals surface area contributed by atoms with E-state index < -0.39 is 85.0 Å². The van der Waals surface area contributed by atoms with Crippen molar-refractivity contribution < 1.29 is 72.6 Å². The van der Waals surface area contributed by atoms with Gasteiger partial charge < -0.3 is 14.4 Å². The number of nitrogens with zero attached hydrogens (tertiary/aromatic N) is 1. The van der Waals surface area contributed by atoms with Crippen molar-refractivity contribution in [1.29, 1.82) is 0 Å². The number of esters is 2. The summed E-state index contributed by atoms with van der Waals surface area (Å²) in [7, 11) is 0. The van der Waals surface area contributed by atoms with Gasteiger partial charge in [0.25, 0.3) is 0 Å². The van der Waals surface area contributed by atoms with Crippen LogP contribution in [0.4, 0.5) is 43.9 Å². The van der Waals surface area contributed by atoms with E-state index >= 15 is 0 Å². The maximum Gasteiger partial charge on any atom is 0.422 e. The van der Waals surface area contributed by atoms with Gasteiger partial charge >= 0.3 is 35.4 Å². The summed E-state index contributed by atoms with van der Waals surface area (Å²) in [6.07, 6.45) is -9.53. The molecule has 0 heterocycles. The van der Waals surface area contributed by atoms with E-state index in [0.717, 1.165) is 24.3 Å². The highest BCUT2D eigenvalue weighted by molar-refractivity contribution is 6.80. The lowest BCUT2D eigenvalue weighted by molar-refractivity contribution is -0.189. The number of alkyl halides is 6. The second-order valence-electron chi connectivity index (χ2n) is 7.37. The van der Waals surface area contributed by atoms with Gasteiger partial charge in [-0.2, -0.15) is 26.3 Å². The zero-order valence-corrected chi connectivity index (χ0v) is 20.1. The van der Waals surface area contributed by atoms with Gasteiger partial charge in [0.2, 0.25) is 0 Å². The van der Waals surface area contributed by atoms with E-state index in [0.29, 0.717) is 17.0 Å². The third kappa shape index (κ3) is 13.8. The topological polar surface area (TPSA) is 90.0 Å². The van der Waals surface area contributed by atoms with Crippen LogP contribution in [0.5, 0.6) is 0 Å². The molecule has 18 heteroatoms. The fourth-order valence-corrected chi connectivity index (χ4v) is 2.64. The number of halogens is 11. The van der Waals surface area contributed by atoms with Crippen molar-refractivity contribution in [3.8, 4) is 0 Å². The first-order valence-corrected chi connectivity index (χ1v) is 10.5. The largest absolute Gasteiger partial charge is 0.449 e. The Labute approximate surface area is 222 Å². The van der Waals surface area contributed by atoms with Gasteiger partial charge in [-0.25, -0.2) is 27.2 Å². The number of hydrogen-bond donors (Lipinski definition) is 0. The second-order valence-corrected chi connectivity index (χ2v) is 7.72. The van der Waals surface area contributed by atoms with Gasteiger partial charge in [-0.3, -0.25) is 9.59 Å².